The van der Waals surface area contributed by atoms with E-state index < -0.39 is 0 Å². The van der Waals surface area contributed by atoms with Gasteiger partial charge >= 0.3 is 0 Å². The molecule has 106 valence electrons. The summed E-state index contributed by atoms with van der Waals surface area (Å²) in [5.41, 5.74) is 5.67. The summed E-state index contributed by atoms with van der Waals surface area (Å²) in [4.78, 5) is 11.9. The number of unbranched alkanes of at least 4 members (excludes halogenated alkanes) is 1. The number of rotatable bonds is 7. The van der Waals surface area contributed by atoms with Crippen molar-refractivity contribution in [3.05, 3.63) is 0 Å². The molecule has 3 heteroatoms. The quantitative estimate of drug-likeness (QED) is 0.734. The molecule has 0 aromatic rings. The average molecular weight is 254 g/mol. The molecule has 1 aliphatic carbocycles. The highest BCUT2D eigenvalue weighted by atomic mass is 16.1. The average Bonchev–Trinajstić information content (AvgIpc) is 2.36. The molecular formula is C15H30N2O. The number of hydrogen-bond acceptors (Lipinski definition) is 2. The van der Waals surface area contributed by atoms with Crippen molar-refractivity contribution < 1.29 is 4.79 Å². The fourth-order valence-electron chi connectivity index (χ4n) is 2.77. The number of carbonyl (C=O) groups is 1. The fourth-order valence-corrected chi connectivity index (χ4v) is 2.77. The molecular weight excluding hydrogens is 224 g/mol. The van der Waals surface area contributed by atoms with Crippen LogP contribution in [0.2, 0.25) is 0 Å². The lowest BCUT2D eigenvalue weighted by Crippen LogP contribution is -2.35. The van der Waals surface area contributed by atoms with Gasteiger partial charge in [0.1, 0.15) is 0 Å². The first-order valence-corrected chi connectivity index (χ1v) is 7.66. The molecule has 0 aromatic carbocycles. The van der Waals surface area contributed by atoms with Crippen molar-refractivity contribution >= 4 is 5.91 Å². The molecule has 0 bridgehead atoms. The molecule has 1 saturated carbocycles. The lowest BCUT2D eigenvalue weighted by atomic mass is 9.79. The van der Waals surface area contributed by atoms with Crippen molar-refractivity contribution in [1.82, 2.24) is 5.32 Å². The molecule has 3 nitrogen and oxygen atoms in total. The summed E-state index contributed by atoms with van der Waals surface area (Å²) >= 11 is 0. The van der Waals surface area contributed by atoms with Crippen LogP contribution in [0.4, 0.5) is 0 Å². The molecule has 0 spiro atoms. The van der Waals surface area contributed by atoms with Crippen molar-refractivity contribution in [2.75, 3.05) is 6.54 Å². The molecule has 1 atom stereocenters. The van der Waals surface area contributed by atoms with Crippen molar-refractivity contribution in [3.8, 4) is 0 Å². The zero-order valence-corrected chi connectivity index (χ0v) is 12.1. The molecule has 1 fully saturated rings. The first kappa shape index (κ1) is 15.5. The summed E-state index contributed by atoms with van der Waals surface area (Å²) in [7, 11) is 0. The van der Waals surface area contributed by atoms with E-state index in [-0.39, 0.29) is 17.9 Å². The standard InChI is InChI=1S/C15H30N2O/c1-3-4-5-13-6-8-14(9-7-13)15(18)17-11-10-12(2)16/h12-14H,3-11,16H2,1-2H3,(H,17,18). The van der Waals surface area contributed by atoms with E-state index in [0.29, 0.717) is 0 Å². The van der Waals surface area contributed by atoms with Crippen LogP contribution < -0.4 is 11.1 Å². The Morgan fingerprint density at radius 1 is 1.33 bits per heavy atom. The Balaban J connectivity index is 2.15. The monoisotopic (exact) mass is 254 g/mol. The third kappa shape index (κ3) is 5.85. The minimum atomic E-state index is 0.176. The highest BCUT2D eigenvalue weighted by Gasteiger charge is 2.25. The van der Waals surface area contributed by atoms with E-state index >= 15 is 0 Å². The van der Waals surface area contributed by atoms with Crippen LogP contribution in [0.3, 0.4) is 0 Å². The molecule has 0 heterocycles. The molecule has 1 aliphatic rings. The predicted molar refractivity (Wildman–Crippen MR) is 76.2 cm³/mol. The Kier molecular flexibility index (Phi) is 7.33. The van der Waals surface area contributed by atoms with Crippen LogP contribution >= 0.6 is 0 Å². The van der Waals surface area contributed by atoms with Crippen molar-refractivity contribution in [1.29, 1.82) is 0 Å². The van der Waals surface area contributed by atoms with Gasteiger partial charge in [-0.3, -0.25) is 4.79 Å². The molecule has 18 heavy (non-hydrogen) atoms. The third-order valence-electron chi connectivity index (χ3n) is 4.08. The molecule has 0 saturated heterocycles. The second-order valence-electron chi connectivity index (χ2n) is 5.92. The number of hydrogen-bond donors (Lipinski definition) is 2. The van der Waals surface area contributed by atoms with Crippen LogP contribution in [0.1, 0.15) is 65.2 Å². The SMILES string of the molecule is CCCCC1CCC(C(=O)NCCC(C)N)CC1. The van der Waals surface area contributed by atoms with Crippen LogP contribution in [0.5, 0.6) is 0 Å². The Morgan fingerprint density at radius 3 is 2.56 bits per heavy atom. The summed E-state index contributed by atoms with van der Waals surface area (Å²) in [5, 5.41) is 3.02. The van der Waals surface area contributed by atoms with Gasteiger partial charge in [-0.15, -0.1) is 0 Å². The van der Waals surface area contributed by atoms with Crippen LogP contribution in [0.25, 0.3) is 0 Å². The molecule has 3 N–H and O–H groups in total. The Hall–Kier alpha value is -0.570. The zero-order valence-electron chi connectivity index (χ0n) is 12.1. The van der Waals surface area contributed by atoms with Gasteiger partial charge in [0.2, 0.25) is 5.91 Å². The second kappa shape index (κ2) is 8.52. The summed E-state index contributed by atoms with van der Waals surface area (Å²) in [5.74, 6) is 1.39. The largest absolute Gasteiger partial charge is 0.356 e. The van der Waals surface area contributed by atoms with Gasteiger partial charge in [-0.1, -0.05) is 26.2 Å². The van der Waals surface area contributed by atoms with E-state index in [1.165, 1.54) is 32.1 Å². The van der Waals surface area contributed by atoms with Gasteiger partial charge in [-0.25, -0.2) is 0 Å². The smallest absolute Gasteiger partial charge is 0.223 e. The van der Waals surface area contributed by atoms with E-state index in [4.69, 9.17) is 5.73 Å². The van der Waals surface area contributed by atoms with Gasteiger partial charge in [0.25, 0.3) is 0 Å². The van der Waals surface area contributed by atoms with Gasteiger partial charge in [0.15, 0.2) is 0 Å². The summed E-state index contributed by atoms with van der Waals surface area (Å²) in [6, 6.07) is 0.176. The van der Waals surface area contributed by atoms with Crippen molar-refractivity contribution in [3.63, 3.8) is 0 Å². The lowest BCUT2D eigenvalue weighted by Gasteiger charge is -2.27. The number of carbonyl (C=O) groups excluding carboxylic acids is 1. The first-order chi connectivity index (χ1) is 8.63. The molecule has 1 amide bonds. The Labute approximate surface area is 112 Å². The molecule has 0 radical (unpaired) electrons. The maximum absolute atomic E-state index is 11.9. The molecule has 0 aliphatic heterocycles. The van der Waals surface area contributed by atoms with Gasteiger partial charge in [0, 0.05) is 18.5 Å². The van der Waals surface area contributed by atoms with E-state index in [1.807, 2.05) is 6.92 Å². The number of nitrogens with two attached hydrogens (primary N) is 1. The van der Waals surface area contributed by atoms with E-state index in [0.717, 1.165) is 31.7 Å². The van der Waals surface area contributed by atoms with E-state index in [9.17, 15) is 4.79 Å². The summed E-state index contributed by atoms with van der Waals surface area (Å²) in [6.07, 6.45) is 9.51. The lowest BCUT2D eigenvalue weighted by molar-refractivity contribution is -0.126. The van der Waals surface area contributed by atoms with Crippen molar-refractivity contribution in [2.24, 2.45) is 17.6 Å². The van der Waals surface area contributed by atoms with Crippen molar-refractivity contribution in [2.45, 2.75) is 71.3 Å². The zero-order chi connectivity index (χ0) is 13.4. The fraction of sp³-hybridized carbons (Fsp3) is 0.933. The molecule has 0 aromatic heterocycles. The second-order valence-corrected chi connectivity index (χ2v) is 5.92. The molecule has 1 unspecified atom stereocenters. The number of nitrogens with one attached hydrogen (secondary N) is 1. The first-order valence-electron chi connectivity index (χ1n) is 7.66. The topological polar surface area (TPSA) is 55.1 Å². The summed E-state index contributed by atoms with van der Waals surface area (Å²) < 4.78 is 0. The Morgan fingerprint density at radius 2 is 2.00 bits per heavy atom. The van der Waals surface area contributed by atoms with Crippen LogP contribution in [0, 0.1) is 11.8 Å². The summed E-state index contributed by atoms with van der Waals surface area (Å²) in [6.45, 7) is 4.95. The predicted octanol–water partition coefficient (Wildman–Crippen LogP) is 2.84. The van der Waals surface area contributed by atoms with E-state index in [2.05, 4.69) is 12.2 Å². The minimum Gasteiger partial charge on any atom is -0.356 e. The molecule has 1 rings (SSSR count). The number of amides is 1. The van der Waals surface area contributed by atoms with Crippen LogP contribution in [-0.2, 0) is 4.79 Å². The minimum absolute atomic E-state index is 0.176. The van der Waals surface area contributed by atoms with Gasteiger partial charge in [-0.05, 0) is 44.9 Å². The highest BCUT2D eigenvalue weighted by molar-refractivity contribution is 5.78. The normalized spacial score (nSPS) is 25.7. The van der Waals surface area contributed by atoms with Gasteiger partial charge in [0.05, 0.1) is 0 Å². The van der Waals surface area contributed by atoms with Crippen LogP contribution in [0.15, 0.2) is 0 Å². The Bertz CT molecular complexity index is 233. The van der Waals surface area contributed by atoms with E-state index in [1.54, 1.807) is 0 Å². The third-order valence-corrected chi connectivity index (χ3v) is 4.08. The maximum Gasteiger partial charge on any atom is 0.223 e. The van der Waals surface area contributed by atoms with Gasteiger partial charge in [-0.2, -0.15) is 0 Å². The highest BCUT2D eigenvalue weighted by Crippen LogP contribution is 2.31. The van der Waals surface area contributed by atoms with Crippen LogP contribution in [-0.4, -0.2) is 18.5 Å². The maximum atomic E-state index is 11.9. The van der Waals surface area contributed by atoms with Gasteiger partial charge < -0.3 is 11.1 Å².